The third-order valence-electron chi connectivity index (χ3n) is 13.5. The fourth-order valence-corrected chi connectivity index (χ4v) is 16.7. The minimum Gasteiger partial charge on any atom is -0.309 e. The fraction of sp³-hybridized carbons (Fsp3) is 0. The first-order valence-electron chi connectivity index (χ1n) is 22.0. The van der Waals surface area contributed by atoms with Gasteiger partial charge in [0.15, 0.2) is 8.07 Å². The normalized spacial score (nSPS) is 12.1. The largest absolute Gasteiger partial charge is 0.309 e. The van der Waals surface area contributed by atoms with Crippen molar-refractivity contribution < 1.29 is 0 Å². The van der Waals surface area contributed by atoms with Crippen LogP contribution in [-0.2, 0) is 0 Å². The molecule has 0 aliphatic carbocycles. The van der Waals surface area contributed by atoms with Gasteiger partial charge in [-0.2, -0.15) is 0 Å². The van der Waals surface area contributed by atoms with Crippen molar-refractivity contribution in [3.63, 3.8) is 0 Å². The third-order valence-corrected chi connectivity index (χ3v) is 19.5. The number of hydrogen-bond acceptors (Lipinski definition) is 1. The Bertz CT molecular complexity index is 3790. The molecule has 64 heavy (non-hydrogen) atoms. The van der Waals surface area contributed by atoms with E-state index >= 15 is 0 Å². The summed E-state index contributed by atoms with van der Waals surface area (Å²) in [4.78, 5) is 0. The van der Waals surface area contributed by atoms with E-state index in [2.05, 4.69) is 252 Å². The van der Waals surface area contributed by atoms with Gasteiger partial charge in [-0.3, -0.25) is 0 Å². The van der Waals surface area contributed by atoms with E-state index in [1.54, 1.807) is 0 Å². The minimum atomic E-state index is -2.66. The summed E-state index contributed by atoms with van der Waals surface area (Å²) < 4.78 is 7.58. The Hall–Kier alpha value is -7.76. The number of nitrogens with zero attached hydrogens (tertiary/aromatic N) is 2. The van der Waals surface area contributed by atoms with E-state index in [1.165, 1.54) is 95.7 Å². The number of hydrogen-bond donors (Lipinski definition) is 0. The van der Waals surface area contributed by atoms with Crippen LogP contribution >= 0.6 is 11.3 Å². The van der Waals surface area contributed by atoms with Crippen LogP contribution in [0.3, 0.4) is 0 Å². The molecule has 0 atom stereocenters. The van der Waals surface area contributed by atoms with Crippen LogP contribution in [0.5, 0.6) is 0 Å². The third kappa shape index (κ3) is 5.50. The lowest BCUT2D eigenvalue weighted by Crippen LogP contribution is -2.74. The lowest BCUT2D eigenvalue weighted by Gasteiger charge is -2.34. The van der Waals surface area contributed by atoms with Crippen molar-refractivity contribution in [2.24, 2.45) is 0 Å². The van der Waals surface area contributed by atoms with Gasteiger partial charge in [-0.1, -0.05) is 188 Å². The summed E-state index contributed by atoms with van der Waals surface area (Å²) in [5, 5.41) is 13.1. The van der Waals surface area contributed by atoms with Gasteiger partial charge >= 0.3 is 0 Å². The van der Waals surface area contributed by atoms with Crippen molar-refractivity contribution in [2.45, 2.75) is 0 Å². The van der Waals surface area contributed by atoms with Gasteiger partial charge in [0.1, 0.15) is 0 Å². The van der Waals surface area contributed by atoms with Gasteiger partial charge in [-0.05, 0) is 86.5 Å². The van der Waals surface area contributed by atoms with Crippen LogP contribution in [0.2, 0.25) is 0 Å². The molecule has 0 aliphatic heterocycles. The van der Waals surface area contributed by atoms with Gasteiger partial charge in [0, 0.05) is 53.1 Å². The molecular weight excluding hydrogens is 809 g/mol. The summed E-state index contributed by atoms with van der Waals surface area (Å²) in [6.07, 6.45) is 0. The summed E-state index contributed by atoms with van der Waals surface area (Å²) in [5.74, 6) is 0. The number of benzene rings is 10. The van der Waals surface area contributed by atoms with Gasteiger partial charge in [-0.15, -0.1) is 11.3 Å². The monoisotopic (exact) mass is 848 g/mol. The molecule has 0 fully saturated rings. The standard InChI is InChI=1S/C60H40N2SSi/c1-4-17-44(18-5-1)64(45-19-6-2-7-20-45,46-21-8-3-9-22-46)47-35-32-42(33-36-47)61-56-29-14-11-24-50(56)54-40-43(34-38-57(54)61)62-55-28-13-10-23-49(55)51-37-31-41(39-58(51)62)48-26-16-27-53-52-25-12-15-30-59(52)63-60(48)53/h1-40H. The van der Waals surface area contributed by atoms with Crippen LogP contribution < -0.4 is 20.7 Å². The van der Waals surface area contributed by atoms with Gasteiger partial charge in [0.05, 0.1) is 22.1 Å². The van der Waals surface area contributed by atoms with E-state index in [0.29, 0.717) is 0 Å². The molecule has 0 amide bonds. The van der Waals surface area contributed by atoms with E-state index in [-0.39, 0.29) is 0 Å². The Balaban J connectivity index is 0.984. The summed E-state index contributed by atoms with van der Waals surface area (Å²) in [6, 6.07) is 90.3. The van der Waals surface area contributed by atoms with Gasteiger partial charge in [0.2, 0.25) is 0 Å². The Kier molecular flexibility index (Phi) is 8.45. The van der Waals surface area contributed by atoms with Crippen molar-refractivity contribution in [3.8, 4) is 22.5 Å². The second-order valence-electron chi connectivity index (χ2n) is 16.8. The molecule has 13 rings (SSSR count). The van der Waals surface area contributed by atoms with Crippen molar-refractivity contribution >= 4 is 104 Å². The van der Waals surface area contributed by atoms with Crippen molar-refractivity contribution in [1.82, 2.24) is 9.13 Å². The average Bonchev–Trinajstić information content (AvgIpc) is 4.03. The Morgan fingerprint density at radius 1 is 0.297 bits per heavy atom. The molecule has 0 bridgehead atoms. The van der Waals surface area contributed by atoms with Gasteiger partial charge in [0.25, 0.3) is 0 Å². The molecule has 2 nitrogen and oxygen atoms in total. The maximum Gasteiger partial charge on any atom is 0.179 e. The zero-order valence-corrected chi connectivity index (χ0v) is 36.7. The minimum absolute atomic E-state index is 1.15. The zero-order valence-electron chi connectivity index (χ0n) is 34.9. The molecule has 0 unspecified atom stereocenters. The summed E-state index contributed by atoms with van der Waals surface area (Å²) in [7, 11) is -2.66. The zero-order chi connectivity index (χ0) is 42.2. The van der Waals surface area contributed by atoms with E-state index in [9.17, 15) is 0 Å². The lowest BCUT2D eigenvalue weighted by molar-refractivity contribution is 1.17. The van der Waals surface area contributed by atoms with Crippen molar-refractivity contribution in [1.29, 1.82) is 0 Å². The maximum absolute atomic E-state index is 2.66. The van der Waals surface area contributed by atoms with Gasteiger partial charge in [-0.25, -0.2) is 0 Å². The Labute approximate surface area is 376 Å². The van der Waals surface area contributed by atoms with Crippen molar-refractivity contribution in [3.05, 3.63) is 243 Å². The number of para-hydroxylation sites is 2. The number of aromatic nitrogens is 2. The van der Waals surface area contributed by atoms with Crippen LogP contribution in [0, 0.1) is 0 Å². The molecule has 10 aromatic carbocycles. The average molecular weight is 849 g/mol. The molecule has 0 N–H and O–H groups in total. The smallest absolute Gasteiger partial charge is 0.179 e. The molecule has 3 heterocycles. The summed E-state index contributed by atoms with van der Waals surface area (Å²) >= 11 is 1.89. The molecule has 0 saturated carbocycles. The van der Waals surface area contributed by atoms with E-state index < -0.39 is 8.07 Å². The highest BCUT2D eigenvalue weighted by Gasteiger charge is 2.41. The van der Waals surface area contributed by atoms with Crippen LogP contribution in [0.1, 0.15) is 0 Å². The molecular formula is C60H40N2SSi. The number of fused-ring (bicyclic) bond motifs is 9. The predicted molar refractivity (Wildman–Crippen MR) is 277 cm³/mol. The first-order valence-corrected chi connectivity index (χ1v) is 24.8. The van der Waals surface area contributed by atoms with E-state index in [4.69, 9.17) is 0 Å². The van der Waals surface area contributed by atoms with E-state index in [1.807, 2.05) is 11.3 Å². The molecule has 4 heteroatoms. The highest BCUT2D eigenvalue weighted by atomic mass is 32.1. The van der Waals surface area contributed by atoms with E-state index in [0.717, 1.165) is 11.4 Å². The lowest BCUT2D eigenvalue weighted by atomic mass is 10.0. The predicted octanol–water partition coefficient (Wildman–Crippen LogP) is 13.3. The van der Waals surface area contributed by atoms with Crippen LogP contribution in [0.15, 0.2) is 243 Å². The molecule has 13 aromatic rings. The quantitative estimate of drug-likeness (QED) is 0.112. The topological polar surface area (TPSA) is 9.86 Å². The van der Waals surface area contributed by atoms with Crippen LogP contribution in [-0.4, -0.2) is 17.2 Å². The van der Waals surface area contributed by atoms with Crippen molar-refractivity contribution in [2.75, 3.05) is 0 Å². The molecule has 300 valence electrons. The second-order valence-corrected chi connectivity index (χ2v) is 21.7. The summed E-state index contributed by atoms with van der Waals surface area (Å²) in [5.41, 5.74) is 9.60. The molecule has 3 aromatic heterocycles. The van der Waals surface area contributed by atoms with Crippen LogP contribution in [0.25, 0.3) is 86.3 Å². The second kappa shape index (κ2) is 14.7. The maximum atomic E-state index is 2.47. The van der Waals surface area contributed by atoms with Crippen LogP contribution in [0.4, 0.5) is 0 Å². The summed E-state index contributed by atoms with van der Waals surface area (Å²) in [6.45, 7) is 0. The molecule has 0 aliphatic rings. The Morgan fingerprint density at radius 3 is 1.44 bits per heavy atom. The first kappa shape index (κ1) is 36.9. The van der Waals surface area contributed by atoms with Gasteiger partial charge < -0.3 is 9.13 Å². The fourth-order valence-electron chi connectivity index (χ4n) is 10.7. The first-order chi connectivity index (χ1) is 31.8. The highest BCUT2D eigenvalue weighted by molar-refractivity contribution is 7.26. The Morgan fingerprint density at radius 2 is 0.781 bits per heavy atom. The number of rotatable bonds is 7. The SMILES string of the molecule is c1ccc([Si](c2ccccc2)(c2ccccc2)c2ccc(-n3c4ccccc4c4cc(-n5c6ccccc6c6ccc(-c7cccc8c7sc7ccccc78)cc65)ccc43)cc2)cc1. The molecule has 0 saturated heterocycles. The highest BCUT2D eigenvalue weighted by Crippen LogP contribution is 2.42. The molecule has 0 radical (unpaired) electrons. The number of thiophene rings is 1. The molecule has 0 spiro atoms.